The SMILES string of the molecule is Cc1nc(N)sc1C(=O)N1CCn2nc([C@@H](O)c3ccccc3)cc2C1. The minimum Gasteiger partial charge on any atom is -0.382 e. The molecule has 0 spiro atoms. The summed E-state index contributed by atoms with van der Waals surface area (Å²) in [5, 5.41) is 15.5. The number of rotatable bonds is 3. The zero-order valence-electron chi connectivity index (χ0n) is 14.3. The maximum absolute atomic E-state index is 12.8. The number of aryl methyl sites for hydroxylation is 1. The number of hydrogen-bond donors (Lipinski definition) is 2. The van der Waals surface area contributed by atoms with Crippen LogP contribution in [0.25, 0.3) is 0 Å². The molecule has 7 nitrogen and oxygen atoms in total. The first-order valence-corrected chi connectivity index (χ1v) is 9.16. The summed E-state index contributed by atoms with van der Waals surface area (Å²) in [5.74, 6) is -0.0608. The molecule has 8 heteroatoms. The van der Waals surface area contributed by atoms with Crippen molar-refractivity contribution in [3.8, 4) is 0 Å². The van der Waals surface area contributed by atoms with E-state index in [1.165, 1.54) is 11.3 Å². The molecule has 0 saturated carbocycles. The molecule has 134 valence electrons. The van der Waals surface area contributed by atoms with E-state index >= 15 is 0 Å². The Bertz CT molecular complexity index is 950. The smallest absolute Gasteiger partial charge is 0.266 e. The molecule has 0 unspecified atom stereocenters. The molecule has 1 aliphatic rings. The lowest BCUT2D eigenvalue weighted by Crippen LogP contribution is -2.38. The Kier molecular flexibility index (Phi) is 4.21. The van der Waals surface area contributed by atoms with E-state index in [0.29, 0.717) is 41.0 Å². The molecular formula is C18H19N5O2S. The third-order valence-corrected chi connectivity index (χ3v) is 5.48. The number of amides is 1. The molecule has 3 heterocycles. The van der Waals surface area contributed by atoms with E-state index < -0.39 is 6.10 Å². The highest BCUT2D eigenvalue weighted by Crippen LogP contribution is 2.26. The molecule has 1 aromatic carbocycles. The van der Waals surface area contributed by atoms with Gasteiger partial charge in [-0.05, 0) is 18.6 Å². The van der Waals surface area contributed by atoms with E-state index in [-0.39, 0.29) is 5.91 Å². The Morgan fingerprint density at radius 2 is 2.08 bits per heavy atom. The van der Waals surface area contributed by atoms with Gasteiger partial charge in [-0.25, -0.2) is 4.98 Å². The predicted octanol–water partition coefficient (Wildman–Crippen LogP) is 1.97. The number of hydrogen-bond acceptors (Lipinski definition) is 6. The van der Waals surface area contributed by atoms with Crippen LogP contribution in [0.1, 0.15) is 38.4 Å². The Morgan fingerprint density at radius 3 is 2.77 bits per heavy atom. The highest BCUT2D eigenvalue weighted by molar-refractivity contribution is 7.17. The van der Waals surface area contributed by atoms with Crippen molar-refractivity contribution in [3.63, 3.8) is 0 Å². The Hall–Kier alpha value is -2.71. The normalized spacial score (nSPS) is 14.9. The van der Waals surface area contributed by atoms with E-state index in [1.54, 1.807) is 11.8 Å². The molecule has 1 aliphatic heterocycles. The van der Waals surface area contributed by atoms with E-state index in [1.807, 2.05) is 41.1 Å². The molecule has 3 N–H and O–H groups in total. The van der Waals surface area contributed by atoms with Gasteiger partial charge < -0.3 is 15.7 Å². The molecule has 0 aliphatic carbocycles. The van der Waals surface area contributed by atoms with Gasteiger partial charge in [0.05, 0.1) is 30.2 Å². The van der Waals surface area contributed by atoms with Crippen molar-refractivity contribution in [1.82, 2.24) is 19.7 Å². The van der Waals surface area contributed by atoms with Crippen LogP contribution in [0.2, 0.25) is 0 Å². The van der Waals surface area contributed by atoms with Gasteiger partial charge in [-0.3, -0.25) is 9.48 Å². The van der Waals surface area contributed by atoms with Crippen LogP contribution < -0.4 is 5.73 Å². The van der Waals surface area contributed by atoms with Gasteiger partial charge in [0.2, 0.25) is 0 Å². The summed E-state index contributed by atoms with van der Waals surface area (Å²) in [7, 11) is 0. The average molecular weight is 369 g/mol. The number of aliphatic hydroxyl groups excluding tert-OH is 1. The highest BCUT2D eigenvalue weighted by Gasteiger charge is 2.27. The van der Waals surface area contributed by atoms with Gasteiger partial charge in [0.25, 0.3) is 5.91 Å². The van der Waals surface area contributed by atoms with Crippen LogP contribution in [0.15, 0.2) is 36.4 Å². The summed E-state index contributed by atoms with van der Waals surface area (Å²) in [6.07, 6.45) is -0.776. The highest BCUT2D eigenvalue weighted by atomic mass is 32.1. The summed E-state index contributed by atoms with van der Waals surface area (Å²) in [6, 6.07) is 11.3. The number of nitrogens with two attached hydrogens (primary N) is 1. The van der Waals surface area contributed by atoms with Crippen LogP contribution in [-0.2, 0) is 13.1 Å². The number of anilines is 1. The molecule has 26 heavy (non-hydrogen) atoms. The first kappa shape index (κ1) is 16.7. The number of nitrogen functional groups attached to an aromatic ring is 1. The fourth-order valence-electron chi connectivity index (χ4n) is 3.16. The van der Waals surface area contributed by atoms with Crippen molar-refractivity contribution in [2.75, 3.05) is 12.3 Å². The molecule has 2 aromatic heterocycles. The monoisotopic (exact) mass is 369 g/mol. The quantitative estimate of drug-likeness (QED) is 0.736. The minimum atomic E-state index is -0.776. The van der Waals surface area contributed by atoms with Gasteiger partial charge in [0.1, 0.15) is 11.0 Å². The van der Waals surface area contributed by atoms with E-state index in [0.717, 1.165) is 11.3 Å². The van der Waals surface area contributed by atoms with Crippen LogP contribution >= 0.6 is 11.3 Å². The topological polar surface area (TPSA) is 97.3 Å². The first-order chi connectivity index (χ1) is 12.5. The average Bonchev–Trinajstić information content (AvgIpc) is 3.23. The van der Waals surface area contributed by atoms with Gasteiger partial charge in [-0.15, -0.1) is 0 Å². The third-order valence-electron chi connectivity index (χ3n) is 4.51. The van der Waals surface area contributed by atoms with Gasteiger partial charge in [-0.2, -0.15) is 5.10 Å². The Labute approximate surface area is 154 Å². The Morgan fingerprint density at radius 1 is 1.31 bits per heavy atom. The lowest BCUT2D eigenvalue weighted by molar-refractivity contribution is 0.0710. The summed E-state index contributed by atoms with van der Waals surface area (Å²) in [4.78, 5) is 19.3. The number of aromatic nitrogens is 3. The van der Waals surface area contributed by atoms with Crippen molar-refractivity contribution in [1.29, 1.82) is 0 Å². The van der Waals surface area contributed by atoms with Crippen molar-refractivity contribution in [2.24, 2.45) is 0 Å². The number of carbonyl (C=O) groups is 1. The molecule has 1 atom stereocenters. The van der Waals surface area contributed by atoms with E-state index in [9.17, 15) is 9.90 Å². The largest absolute Gasteiger partial charge is 0.382 e. The summed E-state index contributed by atoms with van der Waals surface area (Å²) >= 11 is 1.22. The van der Waals surface area contributed by atoms with E-state index in [4.69, 9.17) is 5.73 Å². The lowest BCUT2D eigenvalue weighted by Gasteiger charge is -2.27. The number of benzene rings is 1. The van der Waals surface area contributed by atoms with Gasteiger partial charge in [0, 0.05) is 6.54 Å². The zero-order valence-corrected chi connectivity index (χ0v) is 15.1. The fraction of sp³-hybridized carbons (Fsp3) is 0.278. The first-order valence-electron chi connectivity index (χ1n) is 8.34. The van der Waals surface area contributed by atoms with Crippen molar-refractivity contribution < 1.29 is 9.90 Å². The van der Waals surface area contributed by atoms with Gasteiger partial charge in [0.15, 0.2) is 5.13 Å². The maximum Gasteiger partial charge on any atom is 0.266 e. The van der Waals surface area contributed by atoms with Crippen LogP contribution in [0.4, 0.5) is 5.13 Å². The molecule has 0 saturated heterocycles. The zero-order chi connectivity index (χ0) is 18.3. The third kappa shape index (κ3) is 2.97. The number of fused-ring (bicyclic) bond motifs is 1. The van der Waals surface area contributed by atoms with E-state index in [2.05, 4.69) is 10.1 Å². The molecule has 0 radical (unpaired) electrons. The van der Waals surface area contributed by atoms with Crippen LogP contribution in [0.3, 0.4) is 0 Å². The fourth-order valence-corrected chi connectivity index (χ4v) is 3.96. The van der Waals surface area contributed by atoms with Gasteiger partial charge >= 0.3 is 0 Å². The number of aliphatic hydroxyl groups is 1. The summed E-state index contributed by atoms with van der Waals surface area (Å²) in [6.45, 7) is 3.40. The standard InChI is InChI=1S/C18H19N5O2S/c1-11-16(26-18(19)20-11)17(25)22-7-8-23-13(10-22)9-14(21-23)15(24)12-5-3-2-4-6-12/h2-6,9,15,24H,7-8,10H2,1H3,(H2,19,20)/t15-/m0/s1. The van der Waals surface area contributed by atoms with Gasteiger partial charge in [-0.1, -0.05) is 41.7 Å². The molecule has 0 bridgehead atoms. The second kappa shape index (κ2) is 6.54. The van der Waals surface area contributed by atoms with Crippen LogP contribution in [0.5, 0.6) is 0 Å². The second-order valence-corrected chi connectivity index (χ2v) is 7.32. The molecule has 0 fully saturated rings. The lowest BCUT2D eigenvalue weighted by atomic mass is 10.1. The molecule has 3 aromatic rings. The molecular weight excluding hydrogens is 350 g/mol. The van der Waals surface area contributed by atoms with Crippen molar-refractivity contribution in [2.45, 2.75) is 26.1 Å². The minimum absolute atomic E-state index is 0.0608. The predicted molar refractivity (Wildman–Crippen MR) is 98.7 cm³/mol. The van der Waals surface area contributed by atoms with Crippen LogP contribution in [-0.4, -0.2) is 37.2 Å². The Balaban J connectivity index is 1.55. The molecule has 4 rings (SSSR count). The summed E-state index contributed by atoms with van der Waals surface area (Å²) < 4.78 is 1.86. The number of thiazole rings is 1. The number of nitrogens with zero attached hydrogens (tertiary/aromatic N) is 4. The van der Waals surface area contributed by atoms with Crippen molar-refractivity contribution in [3.05, 3.63) is 63.9 Å². The van der Waals surface area contributed by atoms with Crippen molar-refractivity contribution >= 4 is 22.4 Å². The second-order valence-electron chi connectivity index (χ2n) is 6.29. The summed E-state index contributed by atoms with van der Waals surface area (Å²) in [5.41, 5.74) is 8.67. The number of carbonyl (C=O) groups excluding carboxylic acids is 1. The molecule has 1 amide bonds. The maximum atomic E-state index is 12.8. The van der Waals surface area contributed by atoms with Crippen LogP contribution in [0, 0.1) is 6.92 Å².